The van der Waals surface area contributed by atoms with E-state index in [1.807, 2.05) is 38.1 Å². The van der Waals surface area contributed by atoms with E-state index in [9.17, 15) is 26.3 Å². The predicted molar refractivity (Wildman–Crippen MR) is 129 cm³/mol. The van der Waals surface area contributed by atoms with Crippen LogP contribution in [-0.4, -0.2) is 9.97 Å². The Balaban J connectivity index is 1.42. The van der Waals surface area contributed by atoms with Crippen molar-refractivity contribution in [2.24, 2.45) is 0 Å². The van der Waals surface area contributed by atoms with Crippen LogP contribution in [0.5, 0.6) is 0 Å². The van der Waals surface area contributed by atoms with E-state index < -0.39 is 23.5 Å². The van der Waals surface area contributed by atoms with Gasteiger partial charge in [0, 0.05) is 11.1 Å². The second-order valence-electron chi connectivity index (χ2n) is 9.08. The number of rotatable bonds is 2. The van der Waals surface area contributed by atoms with E-state index in [0.717, 1.165) is 46.2 Å². The molecule has 0 N–H and O–H groups in total. The average Bonchev–Trinajstić information content (AvgIpc) is 3.46. The van der Waals surface area contributed by atoms with Crippen molar-refractivity contribution < 1.29 is 35.2 Å². The second kappa shape index (κ2) is 8.08. The summed E-state index contributed by atoms with van der Waals surface area (Å²) in [4.78, 5) is 8.72. The maximum absolute atomic E-state index is 13.1. The van der Waals surface area contributed by atoms with Crippen LogP contribution >= 0.6 is 0 Å². The first-order valence-electron chi connectivity index (χ1n) is 11.4. The third-order valence-electron chi connectivity index (χ3n) is 6.41. The summed E-state index contributed by atoms with van der Waals surface area (Å²) in [5, 5.41) is 1.69. The fourth-order valence-corrected chi connectivity index (χ4v) is 4.52. The SMILES string of the molecule is Cc1cc(-c2nc3ccc(C(F)(F)F)cc3o2)cc2c(C)cc(-c3nc4ccc(C(F)(F)F)cc4o3)cc12. The molecule has 0 saturated heterocycles. The molecule has 0 radical (unpaired) electrons. The number of aryl methyl sites for hydroxylation is 2. The van der Waals surface area contributed by atoms with Crippen molar-refractivity contribution >= 4 is 33.0 Å². The molecule has 192 valence electrons. The third kappa shape index (κ3) is 4.06. The highest BCUT2D eigenvalue weighted by Gasteiger charge is 2.32. The van der Waals surface area contributed by atoms with E-state index in [1.54, 1.807) is 0 Å². The lowest BCUT2D eigenvalue weighted by molar-refractivity contribution is -0.138. The maximum Gasteiger partial charge on any atom is 0.416 e. The summed E-state index contributed by atoms with van der Waals surface area (Å²) in [6.07, 6.45) is -8.99. The predicted octanol–water partition coefficient (Wildman–Crippen LogP) is 9.11. The van der Waals surface area contributed by atoms with Crippen LogP contribution in [0.25, 0.3) is 55.9 Å². The quantitative estimate of drug-likeness (QED) is 0.211. The summed E-state index contributed by atoms with van der Waals surface area (Å²) in [5.74, 6) is 0.374. The fourth-order valence-electron chi connectivity index (χ4n) is 4.52. The molecule has 0 atom stereocenters. The number of oxazole rings is 2. The normalized spacial score (nSPS) is 12.7. The van der Waals surface area contributed by atoms with Gasteiger partial charge in [0.25, 0.3) is 0 Å². The lowest BCUT2D eigenvalue weighted by Crippen LogP contribution is -2.03. The zero-order chi connectivity index (χ0) is 27.0. The van der Waals surface area contributed by atoms with Crippen LogP contribution in [0.1, 0.15) is 22.3 Å². The van der Waals surface area contributed by atoms with Crippen molar-refractivity contribution in [1.82, 2.24) is 9.97 Å². The summed E-state index contributed by atoms with van der Waals surface area (Å²) in [5.41, 5.74) is 1.89. The van der Waals surface area contributed by atoms with E-state index in [4.69, 9.17) is 8.83 Å². The number of halogens is 6. The van der Waals surface area contributed by atoms with Gasteiger partial charge in [-0.2, -0.15) is 26.3 Å². The molecule has 2 heterocycles. The van der Waals surface area contributed by atoms with Crippen LogP contribution in [0.2, 0.25) is 0 Å². The highest BCUT2D eigenvalue weighted by Crippen LogP contribution is 2.37. The Labute approximate surface area is 210 Å². The lowest BCUT2D eigenvalue weighted by Gasteiger charge is -2.10. The van der Waals surface area contributed by atoms with Gasteiger partial charge in [-0.25, -0.2) is 9.97 Å². The molecule has 0 unspecified atom stereocenters. The highest BCUT2D eigenvalue weighted by atomic mass is 19.4. The van der Waals surface area contributed by atoms with Crippen LogP contribution in [-0.2, 0) is 12.4 Å². The van der Waals surface area contributed by atoms with Crippen LogP contribution in [0.4, 0.5) is 26.3 Å². The molecule has 2 aromatic heterocycles. The van der Waals surface area contributed by atoms with E-state index in [2.05, 4.69) is 9.97 Å². The maximum atomic E-state index is 13.1. The van der Waals surface area contributed by atoms with Gasteiger partial charge in [-0.05, 0) is 96.4 Å². The number of aromatic nitrogens is 2. The molecule has 0 fully saturated rings. The van der Waals surface area contributed by atoms with Gasteiger partial charge in [-0.1, -0.05) is 0 Å². The smallest absolute Gasteiger partial charge is 0.416 e. The van der Waals surface area contributed by atoms with Crippen molar-refractivity contribution in [3.63, 3.8) is 0 Å². The van der Waals surface area contributed by atoms with Gasteiger partial charge in [-0.3, -0.25) is 0 Å². The Hall–Kier alpha value is -4.34. The molecular formula is C28H16F6N2O2. The molecule has 10 heteroatoms. The Morgan fingerprint density at radius 1 is 0.553 bits per heavy atom. The van der Waals surface area contributed by atoms with Gasteiger partial charge in [-0.15, -0.1) is 0 Å². The first-order valence-corrected chi connectivity index (χ1v) is 11.4. The van der Waals surface area contributed by atoms with Crippen molar-refractivity contribution in [2.75, 3.05) is 0 Å². The lowest BCUT2D eigenvalue weighted by atomic mass is 9.96. The van der Waals surface area contributed by atoms with Crippen molar-refractivity contribution in [1.29, 1.82) is 0 Å². The number of fused-ring (bicyclic) bond motifs is 3. The van der Waals surface area contributed by atoms with Crippen molar-refractivity contribution in [3.8, 4) is 22.9 Å². The molecule has 6 aromatic rings. The van der Waals surface area contributed by atoms with Gasteiger partial charge >= 0.3 is 12.4 Å². The topological polar surface area (TPSA) is 52.1 Å². The minimum atomic E-state index is -4.50. The van der Waals surface area contributed by atoms with Crippen molar-refractivity contribution in [3.05, 3.63) is 82.9 Å². The molecule has 0 aliphatic heterocycles. The minimum Gasteiger partial charge on any atom is -0.436 e. The average molecular weight is 526 g/mol. The van der Waals surface area contributed by atoms with E-state index in [1.165, 1.54) is 12.1 Å². The Morgan fingerprint density at radius 2 is 0.947 bits per heavy atom. The zero-order valence-corrected chi connectivity index (χ0v) is 19.8. The van der Waals surface area contributed by atoms with E-state index >= 15 is 0 Å². The monoisotopic (exact) mass is 526 g/mol. The zero-order valence-electron chi connectivity index (χ0n) is 19.8. The van der Waals surface area contributed by atoms with Gasteiger partial charge in [0.1, 0.15) is 11.0 Å². The molecular weight excluding hydrogens is 510 g/mol. The molecule has 0 spiro atoms. The third-order valence-corrected chi connectivity index (χ3v) is 6.41. The van der Waals surface area contributed by atoms with E-state index in [-0.39, 0.29) is 22.9 Å². The van der Waals surface area contributed by atoms with Crippen molar-refractivity contribution in [2.45, 2.75) is 26.2 Å². The molecule has 0 saturated carbocycles. The summed E-state index contributed by atoms with van der Waals surface area (Å²) >= 11 is 0. The largest absolute Gasteiger partial charge is 0.436 e. The van der Waals surface area contributed by atoms with Crippen LogP contribution in [0.15, 0.2) is 69.5 Å². The molecule has 0 bridgehead atoms. The van der Waals surface area contributed by atoms with Crippen LogP contribution < -0.4 is 0 Å². The molecule has 0 aliphatic carbocycles. The molecule has 4 aromatic carbocycles. The first kappa shape index (κ1) is 24.0. The fraction of sp³-hybridized carbons (Fsp3) is 0.143. The number of nitrogens with zero attached hydrogens (tertiary/aromatic N) is 2. The second-order valence-corrected chi connectivity index (χ2v) is 9.08. The Kier molecular flexibility index (Phi) is 5.11. The molecule has 0 aliphatic rings. The first-order chi connectivity index (χ1) is 17.9. The number of hydrogen-bond acceptors (Lipinski definition) is 4. The Morgan fingerprint density at radius 3 is 1.32 bits per heavy atom. The standard InChI is InChI=1S/C28H16F6N2O2/c1-13-7-15(25-35-21-5-3-17(27(29,30)31)11-23(21)37-25)10-20-14(2)8-16(9-19(13)20)26-36-22-6-4-18(28(32,33)34)12-24(22)38-26/h3-12H,1-2H3. The number of benzene rings is 4. The van der Waals surface area contributed by atoms with Crippen LogP contribution in [0.3, 0.4) is 0 Å². The number of alkyl halides is 6. The summed E-state index contributed by atoms with van der Waals surface area (Å²) < 4.78 is 89.8. The molecule has 6 rings (SSSR count). The summed E-state index contributed by atoms with van der Waals surface area (Å²) in [6, 6.07) is 13.6. The van der Waals surface area contributed by atoms with Gasteiger partial charge < -0.3 is 8.83 Å². The molecule has 0 amide bonds. The van der Waals surface area contributed by atoms with Gasteiger partial charge in [0.15, 0.2) is 11.2 Å². The highest BCUT2D eigenvalue weighted by molar-refractivity contribution is 5.95. The minimum absolute atomic E-state index is 0.0317. The summed E-state index contributed by atoms with van der Waals surface area (Å²) in [6.45, 7) is 3.72. The Bertz CT molecular complexity index is 1740. The summed E-state index contributed by atoms with van der Waals surface area (Å²) in [7, 11) is 0. The van der Waals surface area contributed by atoms with Gasteiger partial charge in [0.05, 0.1) is 11.1 Å². The van der Waals surface area contributed by atoms with E-state index in [0.29, 0.717) is 22.2 Å². The van der Waals surface area contributed by atoms with Crippen LogP contribution in [0, 0.1) is 13.8 Å². The number of hydrogen-bond donors (Lipinski definition) is 0. The molecule has 38 heavy (non-hydrogen) atoms. The van der Waals surface area contributed by atoms with Gasteiger partial charge in [0.2, 0.25) is 11.8 Å². The molecule has 4 nitrogen and oxygen atoms in total.